The van der Waals surface area contributed by atoms with E-state index in [0.717, 1.165) is 34.1 Å². The molecule has 0 saturated heterocycles. The molecule has 0 fully saturated rings. The van der Waals surface area contributed by atoms with Crippen LogP contribution in [0.2, 0.25) is 0 Å². The Kier molecular flexibility index (Phi) is 2.51. The summed E-state index contributed by atoms with van der Waals surface area (Å²) in [5.74, 6) is 0. The number of nitrogens with zero attached hydrogens (tertiary/aromatic N) is 1. The van der Waals surface area contributed by atoms with E-state index in [9.17, 15) is 4.79 Å². The summed E-state index contributed by atoms with van der Waals surface area (Å²) in [7, 11) is 0. The quantitative estimate of drug-likeness (QED) is 0.704. The number of carbonyl (C=O) groups excluding carboxylic acids is 1. The Balaban J connectivity index is 1.87. The van der Waals surface area contributed by atoms with Crippen molar-refractivity contribution in [1.82, 2.24) is 4.98 Å². The van der Waals surface area contributed by atoms with E-state index < -0.39 is 6.03 Å². The van der Waals surface area contributed by atoms with Gasteiger partial charge in [0.15, 0.2) is 0 Å². The van der Waals surface area contributed by atoms with Crippen molar-refractivity contribution in [2.45, 2.75) is 12.5 Å². The van der Waals surface area contributed by atoms with Crippen LogP contribution in [0.4, 0.5) is 10.5 Å². The number of fused-ring (bicyclic) bond motifs is 2. The molecule has 1 unspecified atom stereocenters. The number of carbonyl (C=O) groups is 1. The van der Waals surface area contributed by atoms with Crippen molar-refractivity contribution < 1.29 is 4.79 Å². The molecule has 0 spiro atoms. The number of benzene rings is 2. The number of hydrogen-bond donors (Lipinski definition) is 2. The Morgan fingerprint density at radius 1 is 1.14 bits per heavy atom. The predicted molar refractivity (Wildman–Crippen MR) is 83.2 cm³/mol. The van der Waals surface area contributed by atoms with Gasteiger partial charge in [0.25, 0.3) is 0 Å². The van der Waals surface area contributed by atoms with E-state index >= 15 is 0 Å². The second kappa shape index (κ2) is 4.38. The van der Waals surface area contributed by atoms with Gasteiger partial charge in [-0.1, -0.05) is 36.4 Å². The number of H-pyrrole nitrogens is 1. The number of nitrogens with two attached hydrogens (primary N) is 1. The van der Waals surface area contributed by atoms with E-state index in [1.54, 1.807) is 4.90 Å². The number of amides is 2. The molecule has 21 heavy (non-hydrogen) atoms. The summed E-state index contributed by atoms with van der Waals surface area (Å²) < 4.78 is 0. The molecular weight excluding hydrogens is 262 g/mol. The van der Waals surface area contributed by atoms with Gasteiger partial charge in [-0.2, -0.15) is 0 Å². The third kappa shape index (κ3) is 1.72. The Hall–Kier alpha value is -2.75. The van der Waals surface area contributed by atoms with E-state index in [2.05, 4.69) is 17.1 Å². The van der Waals surface area contributed by atoms with Crippen LogP contribution in [-0.2, 0) is 6.42 Å². The Morgan fingerprint density at radius 2 is 1.90 bits per heavy atom. The highest BCUT2D eigenvalue weighted by molar-refractivity contribution is 5.96. The van der Waals surface area contributed by atoms with Gasteiger partial charge in [0.05, 0.1) is 6.04 Å². The largest absolute Gasteiger partial charge is 0.361 e. The zero-order chi connectivity index (χ0) is 14.4. The number of aromatic nitrogens is 1. The Labute approximate surface area is 122 Å². The number of aromatic amines is 1. The zero-order valence-corrected chi connectivity index (χ0v) is 11.4. The predicted octanol–water partition coefficient (Wildman–Crippen LogP) is 3.35. The normalized spacial score (nSPS) is 17.1. The van der Waals surface area contributed by atoms with Gasteiger partial charge in [-0.05, 0) is 24.1 Å². The molecule has 3 aromatic rings. The van der Waals surface area contributed by atoms with Gasteiger partial charge in [0.1, 0.15) is 0 Å². The number of para-hydroxylation sites is 2. The topological polar surface area (TPSA) is 62.1 Å². The molecule has 2 amide bonds. The first kappa shape index (κ1) is 12.0. The molecule has 4 heteroatoms. The molecule has 4 nitrogen and oxygen atoms in total. The van der Waals surface area contributed by atoms with Crippen molar-refractivity contribution in [2.24, 2.45) is 5.73 Å². The summed E-state index contributed by atoms with van der Waals surface area (Å²) >= 11 is 0. The first-order valence-corrected chi connectivity index (χ1v) is 6.98. The summed E-state index contributed by atoms with van der Waals surface area (Å²) in [4.78, 5) is 16.9. The number of rotatable bonds is 1. The minimum absolute atomic E-state index is 0.0453. The van der Waals surface area contributed by atoms with Gasteiger partial charge in [0, 0.05) is 28.4 Å². The lowest BCUT2D eigenvalue weighted by atomic mass is 10.0. The highest BCUT2D eigenvalue weighted by Gasteiger charge is 2.34. The van der Waals surface area contributed by atoms with Gasteiger partial charge >= 0.3 is 6.03 Å². The smallest absolute Gasteiger partial charge is 0.319 e. The maximum atomic E-state index is 11.9. The summed E-state index contributed by atoms with van der Waals surface area (Å²) in [5, 5.41) is 1.14. The van der Waals surface area contributed by atoms with Crippen LogP contribution in [0, 0.1) is 0 Å². The number of nitrogens with one attached hydrogen (secondary N) is 1. The number of urea groups is 1. The standard InChI is InChI=1S/C17H15N3O/c18-17(21)20-15-8-4-1-5-11(15)9-16(20)13-10-19-14-7-3-2-6-12(13)14/h1-8,10,16,19H,9H2,(H2,18,21). The average Bonchev–Trinajstić information content (AvgIpc) is 3.08. The fraction of sp³-hybridized carbons (Fsp3) is 0.118. The highest BCUT2D eigenvalue weighted by atomic mass is 16.2. The molecule has 2 aromatic carbocycles. The number of anilines is 1. The molecule has 1 aromatic heterocycles. The summed E-state index contributed by atoms with van der Waals surface area (Å²) in [6.07, 6.45) is 2.78. The average molecular weight is 277 g/mol. The molecule has 1 aliphatic rings. The van der Waals surface area contributed by atoms with Crippen LogP contribution in [0.15, 0.2) is 54.7 Å². The van der Waals surface area contributed by atoms with E-state index in [4.69, 9.17) is 5.73 Å². The Bertz CT molecular complexity index is 837. The molecule has 3 N–H and O–H groups in total. The maximum absolute atomic E-state index is 11.9. The van der Waals surface area contributed by atoms with E-state index in [1.165, 1.54) is 0 Å². The zero-order valence-electron chi connectivity index (χ0n) is 11.4. The van der Waals surface area contributed by atoms with Crippen LogP contribution in [0.5, 0.6) is 0 Å². The van der Waals surface area contributed by atoms with Crippen molar-refractivity contribution in [1.29, 1.82) is 0 Å². The number of hydrogen-bond acceptors (Lipinski definition) is 1. The third-order valence-electron chi connectivity index (χ3n) is 4.19. The van der Waals surface area contributed by atoms with Crippen LogP contribution in [-0.4, -0.2) is 11.0 Å². The van der Waals surface area contributed by atoms with E-state index in [-0.39, 0.29) is 6.04 Å². The van der Waals surface area contributed by atoms with Gasteiger partial charge in [0.2, 0.25) is 0 Å². The lowest BCUT2D eigenvalue weighted by Gasteiger charge is -2.23. The summed E-state index contributed by atoms with van der Waals surface area (Å²) in [6, 6.07) is 15.6. The van der Waals surface area contributed by atoms with Crippen molar-refractivity contribution >= 4 is 22.6 Å². The SMILES string of the molecule is NC(=O)N1c2ccccc2CC1c1c[nH]c2ccccc12. The van der Waals surface area contributed by atoms with Gasteiger partial charge in [-0.25, -0.2) is 4.79 Å². The third-order valence-corrected chi connectivity index (χ3v) is 4.19. The molecule has 1 atom stereocenters. The molecular formula is C17H15N3O. The highest BCUT2D eigenvalue weighted by Crippen LogP contribution is 2.41. The van der Waals surface area contributed by atoms with Gasteiger partial charge in [-0.15, -0.1) is 0 Å². The van der Waals surface area contributed by atoms with Gasteiger partial charge < -0.3 is 10.7 Å². The van der Waals surface area contributed by atoms with Gasteiger partial charge in [-0.3, -0.25) is 4.90 Å². The Morgan fingerprint density at radius 3 is 2.76 bits per heavy atom. The minimum Gasteiger partial charge on any atom is -0.361 e. The molecule has 2 heterocycles. The van der Waals surface area contributed by atoms with Crippen LogP contribution >= 0.6 is 0 Å². The van der Waals surface area contributed by atoms with Crippen molar-refractivity contribution in [2.75, 3.05) is 4.90 Å². The molecule has 1 aliphatic heterocycles. The summed E-state index contributed by atoms with van der Waals surface area (Å²) in [5.41, 5.74) is 9.89. The van der Waals surface area contributed by atoms with Crippen LogP contribution in [0.1, 0.15) is 17.2 Å². The fourth-order valence-electron chi connectivity index (χ4n) is 3.28. The molecule has 0 bridgehead atoms. The molecule has 4 rings (SSSR count). The molecule has 0 radical (unpaired) electrons. The first-order chi connectivity index (χ1) is 10.3. The van der Waals surface area contributed by atoms with Crippen LogP contribution in [0.3, 0.4) is 0 Å². The minimum atomic E-state index is -0.407. The molecule has 0 saturated carbocycles. The van der Waals surface area contributed by atoms with Crippen molar-refractivity contribution in [3.05, 3.63) is 65.9 Å². The van der Waals surface area contributed by atoms with Crippen LogP contribution < -0.4 is 10.6 Å². The second-order valence-electron chi connectivity index (χ2n) is 5.35. The van der Waals surface area contributed by atoms with E-state index in [1.807, 2.05) is 42.6 Å². The number of primary amides is 1. The summed E-state index contributed by atoms with van der Waals surface area (Å²) in [6.45, 7) is 0. The van der Waals surface area contributed by atoms with E-state index in [0.29, 0.717) is 0 Å². The van der Waals surface area contributed by atoms with Crippen molar-refractivity contribution in [3.8, 4) is 0 Å². The lowest BCUT2D eigenvalue weighted by Crippen LogP contribution is -2.36. The van der Waals surface area contributed by atoms with Crippen LogP contribution in [0.25, 0.3) is 10.9 Å². The fourth-order valence-corrected chi connectivity index (χ4v) is 3.28. The van der Waals surface area contributed by atoms with Crippen molar-refractivity contribution in [3.63, 3.8) is 0 Å². The monoisotopic (exact) mass is 277 g/mol. The molecule has 0 aliphatic carbocycles. The second-order valence-corrected chi connectivity index (χ2v) is 5.35. The maximum Gasteiger partial charge on any atom is 0.319 e. The first-order valence-electron chi connectivity index (χ1n) is 6.98. The lowest BCUT2D eigenvalue weighted by molar-refractivity contribution is 0.252. The molecule has 104 valence electrons.